The first-order chi connectivity index (χ1) is 10.2. The summed E-state index contributed by atoms with van der Waals surface area (Å²) in [6.45, 7) is 0.909. The van der Waals surface area contributed by atoms with E-state index in [-0.39, 0.29) is 12.6 Å². The number of halogens is 2. The van der Waals surface area contributed by atoms with Crippen LogP contribution in [0.3, 0.4) is 0 Å². The maximum Gasteiger partial charge on any atom is 0.142 e. The molecule has 3 rings (SSSR count). The third kappa shape index (κ3) is 3.31. The van der Waals surface area contributed by atoms with Gasteiger partial charge in [-0.05, 0) is 30.9 Å². The molecule has 5 heteroatoms. The molecule has 116 valence electrons. The molecule has 3 nitrogen and oxygen atoms in total. The SMILES string of the molecule is OCC1CCCCC1NC1CCOc2c(Cl)cc(Cl)cc21. The lowest BCUT2D eigenvalue weighted by atomic mass is 9.84. The Bertz CT molecular complexity index is 509. The van der Waals surface area contributed by atoms with Crippen LogP contribution >= 0.6 is 23.2 Å². The summed E-state index contributed by atoms with van der Waals surface area (Å²) in [5, 5.41) is 14.5. The van der Waals surface area contributed by atoms with E-state index in [1.807, 2.05) is 6.07 Å². The minimum Gasteiger partial charge on any atom is -0.492 e. The van der Waals surface area contributed by atoms with Gasteiger partial charge < -0.3 is 15.2 Å². The van der Waals surface area contributed by atoms with Crippen LogP contribution in [0, 0.1) is 5.92 Å². The predicted molar refractivity (Wildman–Crippen MR) is 85.3 cm³/mol. The van der Waals surface area contributed by atoms with Gasteiger partial charge in [0.1, 0.15) is 5.75 Å². The lowest BCUT2D eigenvalue weighted by Gasteiger charge is -2.36. The summed E-state index contributed by atoms with van der Waals surface area (Å²) >= 11 is 12.4. The molecular formula is C16H21Cl2NO2. The van der Waals surface area contributed by atoms with E-state index in [1.165, 1.54) is 12.8 Å². The molecule has 1 aliphatic heterocycles. The minimum atomic E-state index is 0.196. The molecular weight excluding hydrogens is 309 g/mol. The average molecular weight is 330 g/mol. The summed E-state index contributed by atoms with van der Waals surface area (Å²) in [4.78, 5) is 0. The van der Waals surface area contributed by atoms with E-state index in [1.54, 1.807) is 6.07 Å². The highest BCUT2D eigenvalue weighted by molar-refractivity contribution is 6.35. The molecule has 0 amide bonds. The molecule has 3 atom stereocenters. The largest absolute Gasteiger partial charge is 0.492 e. The molecule has 3 unspecified atom stereocenters. The van der Waals surface area contributed by atoms with E-state index < -0.39 is 0 Å². The van der Waals surface area contributed by atoms with Crippen LogP contribution in [-0.4, -0.2) is 24.4 Å². The first-order valence-electron chi connectivity index (χ1n) is 7.67. The van der Waals surface area contributed by atoms with E-state index in [4.69, 9.17) is 27.9 Å². The van der Waals surface area contributed by atoms with Crippen LogP contribution in [0.4, 0.5) is 0 Å². The monoisotopic (exact) mass is 329 g/mol. The van der Waals surface area contributed by atoms with Crippen molar-refractivity contribution >= 4 is 23.2 Å². The first-order valence-corrected chi connectivity index (χ1v) is 8.43. The van der Waals surface area contributed by atoms with Crippen LogP contribution in [0.25, 0.3) is 0 Å². The van der Waals surface area contributed by atoms with Gasteiger partial charge in [0.05, 0.1) is 11.6 Å². The second-order valence-electron chi connectivity index (χ2n) is 6.00. The van der Waals surface area contributed by atoms with Gasteiger partial charge >= 0.3 is 0 Å². The van der Waals surface area contributed by atoms with E-state index in [2.05, 4.69) is 5.32 Å². The highest BCUT2D eigenvalue weighted by atomic mass is 35.5. The molecule has 2 N–H and O–H groups in total. The zero-order valence-corrected chi connectivity index (χ0v) is 13.5. The Kier molecular flexibility index (Phi) is 4.95. The fraction of sp³-hybridized carbons (Fsp3) is 0.625. The number of hydrogen-bond donors (Lipinski definition) is 2. The van der Waals surface area contributed by atoms with Gasteiger partial charge in [-0.15, -0.1) is 0 Å². The van der Waals surface area contributed by atoms with Crippen molar-refractivity contribution in [3.8, 4) is 5.75 Å². The topological polar surface area (TPSA) is 41.5 Å². The van der Waals surface area contributed by atoms with Gasteiger partial charge in [-0.1, -0.05) is 36.0 Å². The van der Waals surface area contributed by atoms with Crippen molar-refractivity contribution in [1.29, 1.82) is 0 Å². The summed E-state index contributed by atoms with van der Waals surface area (Å²) in [5.74, 6) is 1.10. The zero-order chi connectivity index (χ0) is 14.8. The molecule has 2 aliphatic rings. The quantitative estimate of drug-likeness (QED) is 0.881. The Morgan fingerprint density at radius 2 is 2.00 bits per heavy atom. The second kappa shape index (κ2) is 6.74. The first kappa shape index (κ1) is 15.4. The number of ether oxygens (including phenoxy) is 1. The normalized spacial score (nSPS) is 28.8. The van der Waals surface area contributed by atoms with Crippen LogP contribution in [0.5, 0.6) is 5.75 Å². The standard InChI is InChI=1S/C16H21Cl2NO2/c17-11-7-12-15(5-6-21-16(12)13(18)8-11)19-14-4-2-1-3-10(14)9-20/h7-8,10,14-15,19-20H,1-6,9H2. The molecule has 21 heavy (non-hydrogen) atoms. The van der Waals surface area contributed by atoms with Gasteiger partial charge in [0, 0.05) is 35.7 Å². The number of rotatable bonds is 3. The van der Waals surface area contributed by atoms with Crippen LogP contribution < -0.4 is 10.1 Å². The van der Waals surface area contributed by atoms with Crippen molar-refractivity contribution in [1.82, 2.24) is 5.32 Å². The third-order valence-corrected chi connectivity index (χ3v) is 5.12. The van der Waals surface area contributed by atoms with Crippen molar-refractivity contribution in [2.24, 2.45) is 5.92 Å². The zero-order valence-electron chi connectivity index (χ0n) is 11.9. The molecule has 0 saturated heterocycles. The summed E-state index contributed by atoms with van der Waals surface area (Å²) in [5.41, 5.74) is 1.04. The summed E-state index contributed by atoms with van der Waals surface area (Å²) < 4.78 is 5.70. The van der Waals surface area contributed by atoms with Crippen LogP contribution in [0.15, 0.2) is 12.1 Å². The van der Waals surface area contributed by atoms with Crippen molar-refractivity contribution in [3.05, 3.63) is 27.7 Å². The number of hydrogen-bond acceptors (Lipinski definition) is 3. The lowest BCUT2D eigenvalue weighted by molar-refractivity contribution is 0.137. The van der Waals surface area contributed by atoms with Gasteiger partial charge in [0.15, 0.2) is 0 Å². The van der Waals surface area contributed by atoms with Crippen LogP contribution in [0.1, 0.15) is 43.7 Å². The van der Waals surface area contributed by atoms with E-state index >= 15 is 0 Å². The fourth-order valence-electron chi connectivity index (χ4n) is 3.50. The van der Waals surface area contributed by atoms with Gasteiger partial charge in [0.25, 0.3) is 0 Å². The maximum atomic E-state index is 9.57. The van der Waals surface area contributed by atoms with Crippen molar-refractivity contribution in [3.63, 3.8) is 0 Å². The van der Waals surface area contributed by atoms with Crippen molar-refractivity contribution in [2.45, 2.75) is 44.2 Å². The van der Waals surface area contributed by atoms with Crippen LogP contribution in [0.2, 0.25) is 10.0 Å². The number of aliphatic hydroxyl groups excluding tert-OH is 1. The smallest absolute Gasteiger partial charge is 0.142 e. The highest BCUT2D eigenvalue weighted by Gasteiger charge is 2.30. The summed E-state index contributed by atoms with van der Waals surface area (Å²) in [6, 6.07) is 4.22. The molecule has 1 aromatic carbocycles. The maximum absolute atomic E-state index is 9.57. The van der Waals surface area contributed by atoms with Crippen LogP contribution in [-0.2, 0) is 0 Å². The van der Waals surface area contributed by atoms with E-state index in [0.29, 0.717) is 28.6 Å². The lowest BCUT2D eigenvalue weighted by Crippen LogP contribution is -2.43. The molecule has 1 fully saturated rings. The van der Waals surface area contributed by atoms with Crippen molar-refractivity contribution in [2.75, 3.05) is 13.2 Å². The molecule has 0 aromatic heterocycles. The number of aliphatic hydroxyl groups is 1. The number of benzene rings is 1. The molecule has 1 heterocycles. The van der Waals surface area contributed by atoms with E-state index in [9.17, 15) is 5.11 Å². The number of fused-ring (bicyclic) bond motifs is 1. The fourth-order valence-corrected chi connectivity index (χ4v) is 4.07. The molecule has 0 radical (unpaired) electrons. The van der Waals surface area contributed by atoms with Gasteiger partial charge in [-0.25, -0.2) is 0 Å². The minimum absolute atomic E-state index is 0.196. The summed E-state index contributed by atoms with van der Waals surface area (Å²) in [6.07, 6.45) is 5.55. The molecule has 0 bridgehead atoms. The highest BCUT2D eigenvalue weighted by Crippen LogP contribution is 2.40. The average Bonchev–Trinajstić information content (AvgIpc) is 2.48. The molecule has 1 saturated carbocycles. The Labute approximate surface area is 135 Å². The van der Waals surface area contributed by atoms with Gasteiger partial charge in [-0.3, -0.25) is 0 Å². The molecule has 1 aromatic rings. The van der Waals surface area contributed by atoms with Gasteiger partial charge in [-0.2, -0.15) is 0 Å². The van der Waals surface area contributed by atoms with Crippen molar-refractivity contribution < 1.29 is 9.84 Å². The van der Waals surface area contributed by atoms with Gasteiger partial charge in [0.2, 0.25) is 0 Å². The van der Waals surface area contributed by atoms with E-state index in [0.717, 1.165) is 30.6 Å². The number of nitrogens with one attached hydrogen (secondary N) is 1. The Morgan fingerprint density at radius 3 is 2.81 bits per heavy atom. The molecule has 1 aliphatic carbocycles. The Balaban J connectivity index is 1.81. The third-order valence-electron chi connectivity index (χ3n) is 4.62. The Hall–Kier alpha value is -0.480. The molecule has 0 spiro atoms. The Morgan fingerprint density at radius 1 is 1.19 bits per heavy atom. The summed E-state index contributed by atoms with van der Waals surface area (Å²) in [7, 11) is 0. The second-order valence-corrected chi connectivity index (χ2v) is 6.84. The predicted octanol–water partition coefficient (Wildman–Crippen LogP) is 3.96.